The van der Waals surface area contributed by atoms with E-state index in [0.717, 1.165) is 17.3 Å². The zero-order valence-corrected chi connectivity index (χ0v) is 11.4. The van der Waals surface area contributed by atoms with Crippen molar-refractivity contribution in [3.8, 4) is 5.75 Å². The molecule has 2 rings (SSSR count). The molecule has 1 aromatic heterocycles. The molecule has 5 nitrogen and oxygen atoms in total. The number of ether oxygens (including phenoxy) is 1. The monoisotopic (exact) mass is 274 g/mol. The van der Waals surface area contributed by atoms with Crippen molar-refractivity contribution in [2.75, 3.05) is 13.2 Å². The molecule has 0 aliphatic rings. The van der Waals surface area contributed by atoms with Crippen molar-refractivity contribution in [3.63, 3.8) is 0 Å². The van der Waals surface area contributed by atoms with Crippen LogP contribution in [0.15, 0.2) is 36.5 Å². The van der Waals surface area contributed by atoms with E-state index in [1.165, 1.54) is 0 Å². The largest absolute Gasteiger partial charge is 0.489 e. The first kappa shape index (κ1) is 14.3. The van der Waals surface area contributed by atoms with Crippen molar-refractivity contribution in [1.29, 1.82) is 0 Å². The number of hydrogen-bond acceptors (Lipinski definition) is 4. The van der Waals surface area contributed by atoms with Crippen LogP contribution in [-0.2, 0) is 4.79 Å². The van der Waals surface area contributed by atoms with Crippen molar-refractivity contribution in [1.82, 2.24) is 10.3 Å². The summed E-state index contributed by atoms with van der Waals surface area (Å²) in [4.78, 5) is 15.4. The summed E-state index contributed by atoms with van der Waals surface area (Å²) < 4.78 is 5.63. The van der Waals surface area contributed by atoms with Crippen molar-refractivity contribution >= 4 is 16.9 Å². The number of pyridine rings is 1. The van der Waals surface area contributed by atoms with Crippen molar-refractivity contribution in [2.24, 2.45) is 0 Å². The fourth-order valence-corrected chi connectivity index (χ4v) is 1.90. The molecule has 1 atom stereocenters. The molecule has 0 spiro atoms. The van der Waals surface area contributed by atoms with Crippen LogP contribution in [0.25, 0.3) is 10.9 Å². The first-order chi connectivity index (χ1) is 9.72. The number of carboxylic acids is 1. The predicted molar refractivity (Wildman–Crippen MR) is 77.0 cm³/mol. The molecule has 20 heavy (non-hydrogen) atoms. The van der Waals surface area contributed by atoms with Crippen LogP contribution in [0.5, 0.6) is 5.75 Å². The molecule has 2 N–H and O–H groups in total. The third kappa shape index (κ3) is 3.45. The Hall–Kier alpha value is -2.14. The van der Waals surface area contributed by atoms with Crippen molar-refractivity contribution in [3.05, 3.63) is 36.5 Å². The van der Waals surface area contributed by atoms with E-state index < -0.39 is 12.0 Å². The second kappa shape index (κ2) is 6.86. The Morgan fingerprint density at radius 3 is 2.95 bits per heavy atom. The third-order valence-corrected chi connectivity index (χ3v) is 2.94. The van der Waals surface area contributed by atoms with Gasteiger partial charge in [-0.2, -0.15) is 0 Å². The quantitative estimate of drug-likeness (QED) is 0.808. The number of fused-ring (bicyclic) bond motifs is 1. The first-order valence-corrected chi connectivity index (χ1v) is 6.65. The van der Waals surface area contributed by atoms with E-state index in [-0.39, 0.29) is 6.61 Å². The van der Waals surface area contributed by atoms with Crippen LogP contribution in [0.1, 0.15) is 13.3 Å². The summed E-state index contributed by atoms with van der Waals surface area (Å²) in [6.45, 7) is 2.71. The molecule has 1 unspecified atom stereocenters. The Labute approximate surface area is 117 Å². The number of carboxylic acid groups (broad SMARTS) is 1. The van der Waals surface area contributed by atoms with E-state index in [9.17, 15) is 4.79 Å². The van der Waals surface area contributed by atoms with Gasteiger partial charge < -0.3 is 15.2 Å². The molecule has 0 bridgehead atoms. The fraction of sp³-hybridized carbons (Fsp3) is 0.333. The molecule has 0 amide bonds. The summed E-state index contributed by atoms with van der Waals surface area (Å²) in [6.07, 6.45) is 2.57. The number of nitrogens with zero attached hydrogens (tertiary/aromatic N) is 1. The highest BCUT2D eigenvalue weighted by Gasteiger charge is 2.17. The molecule has 0 aliphatic heterocycles. The Bertz CT molecular complexity index is 581. The van der Waals surface area contributed by atoms with E-state index in [4.69, 9.17) is 9.84 Å². The highest BCUT2D eigenvalue weighted by molar-refractivity contribution is 5.84. The molecule has 0 aliphatic carbocycles. The first-order valence-electron chi connectivity index (χ1n) is 6.65. The fourth-order valence-electron chi connectivity index (χ4n) is 1.90. The SMILES string of the molecule is CCCNC(COc1cccc2cccnc12)C(=O)O. The summed E-state index contributed by atoms with van der Waals surface area (Å²) in [7, 11) is 0. The lowest BCUT2D eigenvalue weighted by Gasteiger charge is -2.15. The van der Waals surface area contributed by atoms with Gasteiger partial charge in [-0.05, 0) is 25.1 Å². The minimum absolute atomic E-state index is 0.0744. The number of hydrogen-bond donors (Lipinski definition) is 2. The lowest BCUT2D eigenvalue weighted by atomic mass is 10.2. The highest BCUT2D eigenvalue weighted by Crippen LogP contribution is 2.22. The molecule has 0 saturated heterocycles. The van der Waals surface area contributed by atoms with Crippen molar-refractivity contribution in [2.45, 2.75) is 19.4 Å². The minimum atomic E-state index is -0.911. The molecule has 1 aromatic carbocycles. The lowest BCUT2D eigenvalue weighted by Crippen LogP contribution is -2.41. The zero-order chi connectivity index (χ0) is 14.4. The van der Waals surface area contributed by atoms with E-state index in [1.54, 1.807) is 12.3 Å². The van der Waals surface area contributed by atoms with Crippen LogP contribution >= 0.6 is 0 Å². The maximum absolute atomic E-state index is 11.1. The van der Waals surface area contributed by atoms with Gasteiger partial charge in [0.15, 0.2) is 0 Å². The van der Waals surface area contributed by atoms with Gasteiger partial charge in [-0.3, -0.25) is 9.78 Å². The molecule has 106 valence electrons. The van der Waals surface area contributed by atoms with E-state index in [2.05, 4.69) is 10.3 Å². The average molecular weight is 274 g/mol. The predicted octanol–water partition coefficient (Wildman–Crippen LogP) is 2.07. The lowest BCUT2D eigenvalue weighted by molar-refractivity contribution is -0.140. The van der Waals surface area contributed by atoms with Gasteiger partial charge in [-0.15, -0.1) is 0 Å². The van der Waals surface area contributed by atoms with E-state index in [1.807, 2.05) is 31.2 Å². The summed E-state index contributed by atoms with van der Waals surface area (Å²) in [6, 6.07) is 8.70. The Morgan fingerprint density at radius 1 is 1.40 bits per heavy atom. The molecular weight excluding hydrogens is 256 g/mol. The zero-order valence-electron chi connectivity index (χ0n) is 11.4. The summed E-state index contributed by atoms with van der Waals surface area (Å²) in [5.41, 5.74) is 0.745. The van der Waals surface area contributed by atoms with Crippen LogP contribution in [0.3, 0.4) is 0 Å². The molecule has 0 fully saturated rings. The maximum Gasteiger partial charge on any atom is 0.324 e. The number of benzene rings is 1. The van der Waals surface area contributed by atoms with Crippen LogP contribution in [0.4, 0.5) is 0 Å². The topological polar surface area (TPSA) is 71.5 Å². The molecule has 0 radical (unpaired) electrons. The van der Waals surface area contributed by atoms with Gasteiger partial charge in [0.05, 0.1) is 0 Å². The summed E-state index contributed by atoms with van der Waals surface area (Å²) in [5.74, 6) is -0.306. The number of nitrogens with one attached hydrogen (secondary N) is 1. The smallest absolute Gasteiger partial charge is 0.324 e. The van der Waals surface area contributed by atoms with Crippen LogP contribution in [0, 0.1) is 0 Å². The number of para-hydroxylation sites is 1. The Balaban J connectivity index is 2.09. The second-order valence-corrected chi connectivity index (χ2v) is 4.49. The average Bonchev–Trinajstić information content (AvgIpc) is 2.47. The second-order valence-electron chi connectivity index (χ2n) is 4.49. The van der Waals surface area contributed by atoms with Gasteiger partial charge in [0, 0.05) is 11.6 Å². The minimum Gasteiger partial charge on any atom is -0.489 e. The molecule has 2 aromatic rings. The highest BCUT2D eigenvalue weighted by atomic mass is 16.5. The number of carbonyl (C=O) groups is 1. The van der Waals surface area contributed by atoms with E-state index in [0.29, 0.717) is 12.3 Å². The molecule has 1 heterocycles. The van der Waals surface area contributed by atoms with Crippen LogP contribution in [-0.4, -0.2) is 35.3 Å². The van der Waals surface area contributed by atoms with Gasteiger partial charge in [0.25, 0.3) is 0 Å². The van der Waals surface area contributed by atoms with Gasteiger partial charge in [-0.1, -0.05) is 25.1 Å². The van der Waals surface area contributed by atoms with Gasteiger partial charge in [-0.25, -0.2) is 0 Å². The summed E-state index contributed by atoms with van der Waals surface area (Å²) >= 11 is 0. The van der Waals surface area contributed by atoms with Gasteiger partial charge in [0.2, 0.25) is 0 Å². The number of aliphatic carboxylic acids is 1. The third-order valence-electron chi connectivity index (χ3n) is 2.94. The van der Waals surface area contributed by atoms with Crippen LogP contribution < -0.4 is 10.1 Å². The van der Waals surface area contributed by atoms with Crippen molar-refractivity contribution < 1.29 is 14.6 Å². The van der Waals surface area contributed by atoms with Gasteiger partial charge >= 0.3 is 5.97 Å². The Morgan fingerprint density at radius 2 is 2.20 bits per heavy atom. The molecule has 0 saturated carbocycles. The maximum atomic E-state index is 11.1. The van der Waals surface area contributed by atoms with E-state index >= 15 is 0 Å². The normalized spacial score (nSPS) is 12.2. The molecule has 5 heteroatoms. The summed E-state index contributed by atoms with van der Waals surface area (Å²) in [5, 5.41) is 13.0. The number of rotatable bonds is 7. The van der Waals surface area contributed by atoms with Crippen LogP contribution in [0.2, 0.25) is 0 Å². The molecular formula is C15H18N2O3. The van der Waals surface area contributed by atoms with Gasteiger partial charge in [0.1, 0.15) is 23.9 Å². The number of aromatic nitrogens is 1. The Kier molecular flexibility index (Phi) is 4.90. The standard InChI is InChI=1S/C15H18N2O3/c1-2-8-16-12(15(18)19)10-20-13-7-3-5-11-6-4-9-17-14(11)13/h3-7,9,12,16H,2,8,10H2,1H3,(H,18,19).